The van der Waals surface area contributed by atoms with Crippen molar-refractivity contribution in [1.82, 2.24) is 4.98 Å². The zero-order valence-electron chi connectivity index (χ0n) is 13.4. The zero-order valence-corrected chi connectivity index (χ0v) is 13.4. The van der Waals surface area contributed by atoms with E-state index in [4.69, 9.17) is 9.40 Å². The molecule has 1 aromatic heterocycles. The summed E-state index contributed by atoms with van der Waals surface area (Å²) < 4.78 is 6.17. The predicted molar refractivity (Wildman–Crippen MR) is 97.5 cm³/mol. The molecule has 24 heavy (non-hydrogen) atoms. The fourth-order valence-corrected chi connectivity index (χ4v) is 2.72. The van der Waals surface area contributed by atoms with E-state index >= 15 is 0 Å². The first kappa shape index (κ1) is 14.5. The molecule has 0 bridgehead atoms. The SMILES string of the molecule is Cc1ccc(-c2nc(-c3ccccc3)c(-c3ccccc3)o2)cc1. The van der Waals surface area contributed by atoms with E-state index < -0.39 is 0 Å². The molecule has 4 rings (SSSR count). The number of rotatable bonds is 3. The summed E-state index contributed by atoms with van der Waals surface area (Å²) in [6.07, 6.45) is 0. The molecule has 0 fully saturated rings. The van der Waals surface area contributed by atoms with Crippen LogP contribution >= 0.6 is 0 Å². The summed E-state index contributed by atoms with van der Waals surface area (Å²) in [6, 6.07) is 28.5. The summed E-state index contributed by atoms with van der Waals surface area (Å²) >= 11 is 0. The molecule has 0 aliphatic carbocycles. The minimum atomic E-state index is 0.646. The van der Waals surface area contributed by atoms with Gasteiger partial charge >= 0.3 is 0 Å². The van der Waals surface area contributed by atoms with Gasteiger partial charge in [0.05, 0.1) is 0 Å². The van der Waals surface area contributed by atoms with Gasteiger partial charge in [-0.25, -0.2) is 4.98 Å². The normalized spacial score (nSPS) is 10.7. The van der Waals surface area contributed by atoms with Gasteiger partial charge in [0, 0.05) is 16.7 Å². The summed E-state index contributed by atoms with van der Waals surface area (Å²) in [5.74, 6) is 1.45. The molecule has 0 radical (unpaired) electrons. The van der Waals surface area contributed by atoms with Gasteiger partial charge in [0.2, 0.25) is 5.89 Å². The maximum absolute atomic E-state index is 6.17. The minimum Gasteiger partial charge on any atom is -0.435 e. The van der Waals surface area contributed by atoms with Gasteiger partial charge in [-0.1, -0.05) is 78.4 Å². The molecule has 0 saturated carbocycles. The van der Waals surface area contributed by atoms with Crippen LogP contribution in [0.2, 0.25) is 0 Å². The Morgan fingerprint density at radius 1 is 0.625 bits per heavy atom. The molecular formula is C22H17NO. The van der Waals surface area contributed by atoms with E-state index in [2.05, 4.69) is 31.2 Å². The molecule has 4 aromatic rings. The lowest BCUT2D eigenvalue weighted by Gasteiger charge is -2.00. The van der Waals surface area contributed by atoms with Crippen molar-refractivity contribution in [2.45, 2.75) is 6.92 Å². The average Bonchev–Trinajstić information content (AvgIpc) is 3.09. The van der Waals surface area contributed by atoms with Gasteiger partial charge in [0.15, 0.2) is 5.76 Å². The van der Waals surface area contributed by atoms with Crippen molar-refractivity contribution < 1.29 is 4.42 Å². The molecule has 2 nitrogen and oxygen atoms in total. The molecule has 0 spiro atoms. The van der Waals surface area contributed by atoms with Crippen molar-refractivity contribution in [1.29, 1.82) is 0 Å². The fraction of sp³-hybridized carbons (Fsp3) is 0.0455. The molecule has 3 aromatic carbocycles. The minimum absolute atomic E-state index is 0.646. The predicted octanol–water partition coefficient (Wildman–Crippen LogP) is 5.98. The molecule has 0 saturated heterocycles. The molecule has 2 heteroatoms. The highest BCUT2D eigenvalue weighted by Crippen LogP contribution is 2.35. The van der Waals surface area contributed by atoms with Crippen molar-refractivity contribution in [3.05, 3.63) is 90.5 Å². The number of aromatic nitrogens is 1. The molecular weight excluding hydrogens is 294 g/mol. The third kappa shape index (κ3) is 2.74. The summed E-state index contributed by atoms with van der Waals surface area (Å²) in [5.41, 5.74) is 5.16. The molecule has 0 amide bonds. The van der Waals surface area contributed by atoms with Crippen LogP contribution in [0.25, 0.3) is 34.0 Å². The number of benzene rings is 3. The largest absolute Gasteiger partial charge is 0.435 e. The van der Waals surface area contributed by atoms with Gasteiger partial charge in [0.25, 0.3) is 0 Å². The smallest absolute Gasteiger partial charge is 0.227 e. The summed E-state index contributed by atoms with van der Waals surface area (Å²) in [4.78, 5) is 4.79. The highest BCUT2D eigenvalue weighted by Gasteiger charge is 2.17. The fourth-order valence-electron chi connectivity index (χ4n) is 2.72. The lowest BCUT2D eigenvalue weighted by atomic mass is 10.1. The Morgan fingerprint density at radius 3 is 1.83 bits per heavy atom. The topological polar surface area (TPSA) is 26.0 Å². The first-order valence-electron chi connectivity index (χ1n) is 8.00. The van der Waals surface area contributed by atoms with E-state index in [0.717, 1.165) is 28.1 Å². The maximum Gasteiger partial charge on any atom is 0.227 e. The second-order valence-corrected chi connectivity index (χ2v) is 5.79. The summed E-state index contributed by atoms with van der Waals surface area (Å²) in [7, 11) is 0. The zero-order chi connectivity index (χ0) is 16.4. The van der Waals surface area contributed by atoms with Gasteiger partial charge < -0.3 is 4.42 Å². The van der Waals surface area contributed by atoms with Gasteiger partial charge in [-0.05, 0) is 19.1 Å². The average molecular weight is 311 g/mol. The van der Waals surface area contributed by atoms with Crippen molar-refractivity contribution in [3.63, 3.8) is 0 Å². The monoisotopic (exact) mass is 311 g/mol. The van der Waals surface area contributed by atoms with Crippen molar-refractivity contribution in [2.75, 3.05) is 0 Å². The van der Waals surface area contributed by atoms with Gasteiger partial charge in [-0.3, -0.25) is 0 Å². The van der Waals surface area contributed by atoms with Crippen LogP contribution in [0.3, 0.4) is 0 Å². The van der Waals surface area contributed by atoms with E-state index in [9.17, 15) is 0 Å². The Balaban J connectivity index is 1.89. The molecule has 1 heterocycles. The molecule has 0 aliphatic rings. The van der Waals surface area contributed by atoms with Crippen LogP contribution in [-0.2, 0) is 0 Å². The highest BCUT2D eigenvalue weighted by atomic mass is 16.4. The van der Waals surface area contributed by atoms with Crippen molar-refractivity contribution in [3.8, 4) is 34.0 Å². The van der Waals surface area contributed by atoms with Crippen LogP contribution in [0, 0.1) is 6.92 Å². The second kappa shape index (κ2) is 6.17. The van der Waals surface area contributed by atoms with Gasteiger partial charge in [-0.2, -0.15) is 0 Å². The quantitative estimate of drug-likeness (QED) is 0.465. The standard InChI is InChI=1S/C22H17NO/c1-16-12-14-19(15-13-16)22-23-20(17-8-4-2-5-9-17)21(24-22)18-10-6-3-7-11-18/h2-15H,1H3. The van der Waals surface area contributed by atoms with Gasteiger partial charge in [-0.15, -0.1) is 0 Å². The van der Waals surface area contributed by atoms with Crippen LogP contribution in [0.1, 0.15) is 5.56 Å². The first-order valence-corrected chi connectivity index (χ1v) is 8.00. The number of hydrogen-bond acceptors (Lipinski definition) is 2. The number of aryl methyl sites for hydroxylation is 1. The first-order chi connectivity index (χ1) is 11.8. The number of nitrogens with zero attached hydrogens (tertiary/aromatic N) is 1. The molecule has 0 N–H and O–H groups in total. The Bertz CT molecular complexity index is 881. The third-order valence-corrected chi connectivity index (χ3v) is 4.01. The lowest BCUT2D eigenvalue weighted by molar-refractivity contribution is 0.589. The van der Waals surface area contributed by atoms with E-state index in [0.29, 0.717) is 5.89 Å². The Kier molecular flexibility index (Phi) is 3.72. The van der Waals surface area contributed by atoms with Crippen LogP contribution < -0.4 is 0 Å². The van der Waals surface area contributed by atoms with Crippen LogP contribution in [-0.4, -0.2) is 4.98 Å². The number of oxazole rings is 1. The molecule has 0 unspecified atom stereocenters. The summed E-state index contributed by atoms with van der Waals surface area (Å²) in [6.45, 7) is 2.07. The van der Waals surface area contributed by atoms with Crippen LogP contribution in [0.15, 0.2) is 89.3 Å². The van der Waals surface area contributed by atoms with E-state index in [-0.39, 0.29) is 0 Å². The van der Waals surface area contributed by atoms with Gasteiger partial charge in [0.1, 0.15) is 5.69 Å². The van der Waals surface area contributed by atoms with Crippen molar-refractivity contribution in [2.24, 2.45) is 0 Å². The Hall–Kier alpha value is -3.13. The number of hydrogen-bond donors (Lipinski definition) is 0. The lowest BCUT2D eigenvalue weighted by Crippen LogP contribution is -1.82. The van der Waals surface area contributed by atoms with Crippen LogP contribution in [0.4, 0.5) is 0 Å². The maximum atomic E-state index is 6.17. The third-order valence-electron chi connectivity index (χ3n) is 4.01. The summed E-state index contributed by atoms with van der Waals surface area (Å²) in [5, 5.41) is 0. The van der Waals surface area contributed by atoms with Crippen molar-refractivity contribution >= 4 is 0 Å². The molecule has 0 atom stereocenters. The Labute approximate surface area is 141 Å². The molecule has 0 aliphatic heterocycles. The van der Waals surface area contributed by atoms with E-state index in [1.807, 2.05) is 60.7 Å². The second-order valence-electron chi connectivity index (χ2n) is 5.79. The van der Waals surface area contributed by atoms with Crippen LogP contribution in [0.5, 0.6) is 0 Å². The van der Waals surface area contributed by atoms with E-state index in [1.54, 1.807) is 0 Å². The molecule has 116 valence electrons. The highest BCUT2D eigenvalue weighted by molar-refractivity contribution is 5.79. The van der Waals surface area contributed by atoms with E-state index in [1.165, 1.54) is 5.56 Å². The Morgan fingerprint density at radius 2 is 1.21 bits per heavy atom.